The Bertz CT molecular complexity index is 440. The lowest BCUT2D eigenvalue weighted by Gasteiger charge is -2.38. The maximum Gasteiger partial charge on any atom is 0.120 e. The zero-order valence-corrected chi connectivity index (χ0v) is 17.6. The normalized spacial score (nSPS) is 16.0. The number of unbranched alkanes of at least 4 members (excludes halogenated alkanes) is 8. The molecule has 1 aromatic rings. The molecule has 0 heterocycles. The number of hydrogen-bond donors (Lipinski definition) is 3. The lowest BCUT2D eigenvalue weighted by molar-refractivity contribution is -0.150. The van der Waals surface area contributed by atoms with Crippen LogP contribution in [0, 0.1) is 0 Å². The first-order valence-corrected chi connectivity index (χ1v) is 11.2. The van der Waals surface area contributed by atoms with Gasteiger partial charge in [-0.25, -0.2) is 0 Å². The molecule has 0 saturated carbocycles. The first-order valence-electron chi connectivity index (χ1n) is 11.2. The average Bonchev–Trinajstić information content (AvgIpc) is 2.68. The minimum Gasteiger partial charge on any atom is -0.390 e. The fraction of sp³-hybridized carbons (Fsp3) is 0.750. The van der Waals surface area contributed by atoms with E-state index in [1.807, 2.05) is 30.3 Å². The van der Waals surface area contributed by atoms with Gasteiger partial charge in [0, 0.05) is 6.42 Å². The fourth-order valence-corrected chi connectivity index (χ4v) is 3.76. The molecular weight excluding hydrogens is 336 g/mol. The summed E-state index contributed by atoms with van der Waals surface area (Å²) in [6.07, 6.45) is 10.6. The zero-order chi connectivity index (χ0) is 20.0. The second kappa shape index (κ2) is 14.1. The highest BCUT2D eigenvalue weighted by atomic mass is 16.4. The molecule has 0 fully saturated rings. The lowest BCUT2D eigenvalue weighted by atomic mass is 9.80. The largest absolute Gasteiger partial charge is 0.390 e. The zero-order valence-electron chi connectivity index (χ0n) is 17.6. The van der Waals surface area contributed by atoms with Crippen LogP contribution >= 0.6 is 0 Å². The highest BCUT2D eigenvalue weighted by Gasteiger charge is 2.41. The lowest BCUT2D eigenvalue weighted by Crippen LogP contribution is -2.54. The molecule has 3 nitrogen and oxygen atoms in total. The summed E-state index contributed by atoms with van der Waals surface area (Å²) in [4.78, 5) is 0. The van der Waals surface area contributed by atoms with E-state index in [2.05, 4.69) is 13.8 Å². The van der Waals surface area contributed by atoms with E-state index in [0.29, 0.717) is 19.3 Å². The van der Waals surface area contributed by atoms with Gasteiger partial charge in [-0.3, -0.25) is 0 Å². The molecule has 0 aliphatic carbocycles. The van der Waals surface area contributed by atoms with E-state index in [1.54, 1.807) is 0 Å². The van der Waals surface area contributed by atoms with Gasteiger partial charge in [0.2, 0.25) is 0 Å². The molecule has 1 rings (SSSR count). The summed E-state index contributed by atoms with van der Waals surface area (Å²) >= 11 is 0. The van der Waals surface area contributed by atoms with Crippen molar-refractivity contribution in [1.82, 2.24) is 0 Å². The summed E-state index contributed by atoms with van der Waals surface area (Å²) in [6.45, 7) is 4.37. The fourth-order valence-electron chi connectivity index (χ4n) is 3.76. The SMILES string of the molecule is CCCCCCCC(O)C(O)(Cc1ccccc1)C(O)CCCCCCC. The van der Waals surface area contributed by atoms with Crippen molar-refractivity contribution in [2.45, 2.75) is 115 Å². The van der Waals surface area contributed by atoms with Crippen LogP contribution in [0.25, 0.3) is 0 Å². The molecule has 3 heteroatoms. The number of aliphatic hydroxyl groups excluding tert-OH is 2. The monoisotopic (exact) mass is 378 g/mol. The Hall–Kier alpha value is -0.900. The van der Waals surface area contributed by atoms with Gasteiger partial charge < -0.3 is 15.3 Å². The smallest absolute Gasteiger partial charge is 0.120 e. The highest BCUT2D eigenvalue weighted by molar-refractivity contribution is 5.18. The Labute approximate surface area is 166 Å². The molecule has 0 aliphatic rings. The molecular formula is C24H42O3. The molecule has 2 atom stereocenters. The Balaban J connectivity index is 2.66. The van der Waals surface area contributed by atoms with Crippen LogP contribution in [0.15, 0.2) is 30.3 Å². The number of benzene rings is 1. The van der Waals surface area contributed by atoms with Crippen LogP contribution < -0.4 is 0 Å². The van der Waals surface area contributed by atoms with Gasteiger partial charge in [-0.2, -0.15) is 0 Å². The van der Waals surface area contributed by atoms with Crippen molar-refractivity contribution in [3.63, 3.8) is 0 Å². The second-order valence-corrected chi connectivity index (χ2v) is 8.09. The summed E-state index contributed by atoms with van der Waals surface area (Å²) < 4.78 is 0. The van der Waals surface area contributed by atoms with E-state index in [4.69, 9.17) is 0 Å². The topological polar surface area (TPSA) is 60.7 Å². The number of hydrogen-bond acceptors (Lipinski definition) is 3. The molecule has 0 spiro atoms. The van der Waals surface area contributed by atoms with Gasteiger partial charge in [-0.15, -0.1) is 0 Å². The van der Waals surface area contributed by atoms with Crippen molar-refractivity contribution in [2.24, 2.45) is 0 Å². The first kappa shape index (κ1) is 24.1. The van der Waals surface area contributed by atoms with Crippen molar-refractivity contribution >= 4 is 0 Å². The molecule has 1 aromatic carbocycles. The van der Waals surface area contributed by atoms with E-state index >= 15 is 0 Å². The van der Waals surface area contributed by atoms with Gasteiger partial charge in [0.1, 0.15) is 5.60 Å². The Morgan fingerprint density at radius 3 is 1.59 bits per heavy atom. The minimum absolute atomic E-state index is 0.292. The molecule has 2 unspecified atom stereocenters. The Morgan fingerprint density at radius 2 is 1.15 bits per heavy atom. The van der Waals surface area contributed by atoms with Gasteiger partial charge >= 0.3 is 0 Å². The molecule has 0 bridgehead atoms. The molecule has 27 heavy (non-hydrogen) atoms. The minimum atomic E-state index is -1.48. The molecule has 3 N–H and O–H groups in total. The molecule has 0 saturated heterocycles. The van der Waals surface area contributed by atoms with Crippen molar-refractivity contribution < 1.29 is 15.3 Å². The summed E-state index contributed by atoms with van der Waals surface area (Å²) in [5, 5.41) is 32.9. The van der Waals surface area contributed by atoms with Gasteiger partial charge in [0.05, 0.1) is 12.2 Å². The molecule has 156 valence electrons. The number of aliphatic hydroxyl groups is 3. The van der Waals surface area contributed by atoms with Crippen molar-refractivity contribution in [2.75, 3.05) is 0 Å². The predicted molar refractivity (Wildman–Crippen MR) is 114 cm³/mol. The highest BCUT2D eigenvalue weighted by Crippen LogP contribution is 2.28. The van der Waals surface area contributed by atoms with Crippen LogP contribution in [0.3, 0.4) is 0 Å². The molecule has 0 aromatic heterocycles. The van der Waals surface area contributed by atoms with Crippen molar-refractivity contribution in [3.05, 3.63) is 35.9 Å². The van der Waals surface area contributed by atoms with Crippen LogP contribution in [0.1, 0.15) is 96.5 Å². The Kier molecular flexibility index (Phi) is 12.6. The van der Waals surface area contributed by atoms with Gasteiger partial charge in [0.15, 0.2) is 0 Å². The van der Waals surface area contributed by atoms with E-state index in [1.165, 1.54) is 38.5 Å². The summed E-state index contributed by atoms with van der Waals surface area (Å²) in [7, 11) is 0. The van der Waals surface area contributed by atoms with Crippen LogP contribution in [0.5, 0.6) is 0 Å². The van der Waals surface area contributed by atoms with Crippen LogP contribution in [-0.4, -0.2) is 33.1 Å². The maximum absolute atomic E-state index is 11.3. The summed E-state index contributed by atoms with van der Waals surface area (Å²) in [5.41, 5.74) is -0.522. The van der Waals surface area contributed by atoms with Crippen LogP contribution in [0.2, 0.25) is 0 Å². The van der Waals surface area contributed by atoms with Crippen LogP contribution in [0.4, 0.5) is 0 Å². The first-order chi connectivity index (χ1) is 13.0. The maximum atomic E-state index is 11.3. The number of rotatable bonds is 16. The van der Waals surface area contributed by atoms with E-state index in [-0.39, 0.29) is 0 Å². The van der Waals surface area contributed by atoms with Crippen LogP contribution in [-0.2, 0) is 6.42 Å². The third kappa shape index (κ3) is 9.23. The average molecular weight is 379 g/mol. The van der Waals surface area contributed by atoms with Gasteiger partial charge in [-0.1, -0.05) is 108 Å². The van der Waals surface area contributed by atoms with E-state index < -0.39 is 17.8 Å². The summed E-state index contributed by atoms with van der Waals surface area (Å²) in [5.74, 6) is 0. The predicted octanol–water partition coefficient (Wildman–Crippen LogP) is 5.40. The van der Waals surface area contributed by atoms with E-state index in [9.17, 15) is 15.3 Å². The van der Waals surface area contributed by atoms with Gasteiger partial charge in [-0.05, 0) is 18.4 Å². The second-order valence-electron chi connectivity index (χ2n) is 8.09. The standard InChI is InChI=1S/C24H42O3/c1-3-5-7-9-14-18-22(25)24(27,20-21-16-12-11-13-17-21)23(26)19-15-10-8-6-4-2/h11-13,16-17,22-23,25-27H,3-10,14-15,18-20H2,1-2H3. The molecule has 0 aliphatic heterocycles. The van der Waals surface area contributed by atoms with Gasteiger partial charge in [0.25, 0.3) is 0 Å². The third-order valence-electron chi connectivity index (χ3n) is 5.65. The molecule has 0 amide bonds. The van der Waals surface area contributed by atoms with Crippen molar-refractivity contribution in [1.29, 1.82) is 0 Å². The van der Waals surface area contributed by atoms with E-state index in [0.717, 1.165) is 31.2 Å². The summed E-state index contributed by atoms with van der Waals surface area (Å²) in [6, 6.07) is 9.71. The Morgan fingerprint density at radius 1 is 0.704 bits per heavy atom. The van der Waals surface area contributed by atoms with Crippen molar-refractivity contribution in [3.8, 4) is 0 Å². The molecule has 0 radical (unpaired) electrons. The third-order valence-corrected chi connectivity index (χ3v) is 5.65. The quantitative estimate of drug-likeness (QED) is 0.337.